The van der Waals surface area contributed by atoms with Crippen LogP contribution in [0.5, 0.6) is 0 Å². The highest BCUT2D eigenvalue weighted by Gasteiger charge is 2.27. The van der Waals surface area contributed by atoms with Crippen LogP contribution in [0.2, 0.25) is 0 Å². The van der Waals surface area contributed by atoms with Crippen molar-refractivity contribution in [2.75, 3.05) is 18.6 Å². The molecule has 29 heavy (non-hydrogen) atoms. The fourth-order valence-corrected chi connectivity index (χ4v) is 3.29. The number of non-ortho nitro benzene ring substituents is 1. The third-order valence-corrected chi connectivity index (χ3v) is 5.16. The number of hydrogen-bond donors (Lipinski definition) is 2. The molecule has 2 aromatic carbocycles. The number of fused-ring (bicyclic) bond motifs is 1. The van der Waals surface area contributed by atoms with Crippen molar-refractivity contribution in [3.63, 3.8) is 0 Å². The largest absolute Gasteiger partial charge is 0.351 e. The lowest BCUT2D eigenvalue weighted by molar-refractivity contribution is -0.384. The molecule has 1 heterocycles. The molecule has 0 aromatic heterocycles. The average Bonchev–Trinajstić information content (AvgIpc) is 2.93. The monoisotopic (exact) mass is 417 g/mol. The van der Waals surface area contributed by atoms with Crippen molar-refractivity contribution in [1.82, 2.24) is 10.6 Å². The van der Waals surface area contributed by atoms with Gasteiger partial charge in [0.15, 0.2) is 0 Å². The van der Waals surface area contributed by atoms with Crippen LogP contribution in [0.15, 0.2) is 36.4 Å². The molecule has 0 spiro atoms. The summed E-state index contributed by atoms with van der Waals surface area (Å²) in [5, 5.41) is 15.8. The van der Waals surface area contributed by atoms with E-state index in [2.05, 4.69) is 10.6 Å². The maximum absolute atomic E-state index is 12.3. The maximum Gasteiger partial charge on any atom is 0.270 e. The summed E-state index contributed by atoms with van der Waals surface area (Å²) in [7, 11) is -3.28. The normalized spacial score (nSPS) is 13.0. The molecule has 0 radical (unpaired) electrons. The molecule has 1 aliphatic heterocycles. The van der Waals surface area contributed by atoms with E-state index >= 15 is 0 Å². The maximum atomic E-state index is 12.3. The molecule has 0 atom stereocenters. The van der Waals surface area contributed by atoms with E-state index in [4.69, 9.17) is 0 Å². The van der Waals surface area contributed by atoms with Gasteiger partial charge in [-0.2, -0.15) is 0 Å². The summed E-state index contributed by atoms with van der Waals surface area (Å²) < 4.78 is 22.4. The van der Waals surface area contributed by atoms with E-state index in [1.807, 2.05) is 0 Å². The van der Waals surface area contributed by atoms with E-state index in [-0.39, 0.29) is 34.7 Å². The predicted octanol–water partition coefficient (Wildman–Crippen LogP) is 0.920. The number of nitro groups is 1. The minimum atomic E-state index is -3.28. The quantitative estimate of drug-likeness (QED) is 0.403. The summed E-state index contributed by atoms with van der Waals surface area (Å²) in [5.41, 5.74) is 0.645. The van der Waals surface area contributed by atoms with Gasteiger partial charge >= 0.3 is 0 Å². The van der Waals surface area contributed by atoms with Crippen LogP contribution in [0.1, 0.15) is 31.1 Å². The Morgan fingerprint density at radius 1 is 1.07 bits per heavy atom. The highest BCUT2D eigenvalue weighted by molar-refractivity contribution is 7.90. The zero-order valence-electron chi connectivity index (χ0n) is 15.1. The number of benzene rings is 2. The van der Waals surface area contributed by atoms with E-state index in [1.165, 1.54) is 30.3 Å². The van der Waals surface area contributed by atoms with Gasteiger partial charge in [-0.05, 0) is 29.3 Å². The molecule has 11 heteroatoms. The van der Waals surface area contributed by atoms with Gasteiger partial charge in [-0.3, -0.25) is 29.8 Å². The minimum absolute atomic E-state index is 0.0382. The van der Waals surface area contributed by atoms with Crippen molar-refractivity contribution in [3.05, 3.63) is 63.2 Å². The van der Waals surface area contributed by atoms with Gasteiger partial charge in [-0.1, -0.05) is 6.07 Å². The van der Waals surface area contributed by atoms with Crippen LogP contribution in [0, 0.1) is 10.1 Å². The van der Waals surface area contributed by atoms with Gasteiger partial charge in [0.25, 0.3) is 23.4 Å². The highest BCUT2D eigenvalue weighted by atomic mass is 32.2. The highest BCUT2D eigenvalue weighted by Crippen LogP contribution is 2.29. The fourth-order valence-electron chi connectivity index (χ4n) is 2.81. The number of carbonyl (C=O) groups is 3. The first-order valence-electron chi connectivity index (χ1n) is 8.31. The van der Waals surface area contributed by atoms with Gasteiger partial charge in [0.2, 0.25) is 0 Å². The predicted molar refractivity (Wildman–Crippen MR) is 102 cm³/mol. The van der Waals surface area contributed by atoms with Gasteiger partial charge in [0.05, 0.1) is 21.8 Å². The Hall–Kier alpha value is -3.60. The van der Waals surface area contributed by atoms with Gasteiger partial charge in [0.1, 0.15) is 9.84 Å². The zero-order valence-corrected chi connectivity index (χ0v) is 15.9. The van der Waals surface area contributed by atoms with Crippen molar-refractivity contribution in [3.8, 4) is 11.1 Å². The van der Waals surface area contributed by atoms with E-state index in [1.54, 1.807) is 0 Å². The number of hydrogen-bond acceptors (Lipinski definition) is 7. The molecule has 0 fully saturated rings. The lowest BCUT2D eigenvalue weighted by Crippen LogP contribution is -2.28. The van der Waals surface area contributed by atoms with Crippen LogP contribution in [0.4, 0.5) is 5.69 Å². The second-order valence-corrected chi connectivity index (χ2v) is 8.71. The van der Waals surface area contributed by atoms with Crippen molar-refractivity contribution in [2.24, 2.45) is 0 Å². The summed E-state index contributed by atoms with van der Waals surface area (Å²) in [4.78, 5) is 46.5. The first-order chi connectivity index (χ1) is 13.5. The number of nitrogens with zero attached hydrogens (tertiary/aromatic N) is 1. The van der Waals surface area contributed by atoms with Crippen molar-refractivity contribution in [2.45, 2.75) is 0 Å². The van der Waals surface area contributed by atoms with Gasteiger partial charge in [-0.15, -0.1) is 0 Å². The number of nitrogens with one attached hydrogen (secondary N) is 2. The number of amides is 3. The first kappa shape index (κ1) is 20.1. The Morgan fingerprint density at radius 2 is 1.76 bits per heavy atom. The van der Waals surface area contributed by atoms with Crippen molar-refractivity contribution < 1.29 is 27.7 Å². The second-order valence-electron chi connectivity index (χ2n) is 6.46. The molecular weight excluding hydrogens is 402 g/mol. The zero-order chi connectivity index (χ0) is 21.3. The summed E-state index contributed by atoms with van der Waals surface area (Å²) in [6, 6.07) is 8.06. The van der Waals surface area contributed by atoms with Crippen LogP contribution in [0.25, 0.3) is 11.1 Å². The molecule has 1 aliphatic rings. The number of rotatable bonds is 6. The summed E-state index contributed by atoms with van der Waals surface area (Å²) in [6.07, 6.45) is 1.03. The number of nitro benzene ring substituents is 1. The van der Waals surface area contributed by atoms with E-state index in [9.17, 15) is 32.9 Å². The molecule has 3 amide bonds. The third-order valence-electron chi connectivity index (χ3n) is 4.22. The van der Waals surface area contributed by atoms with Crippen LogP contribution in [0.3, 0.4) is 0 Å². The molecule has 10 nitrogen and oxygen atoms in total. The molecule has 2 aromatic rings. The molecule has 0 bridgehead atoms. The average molecular weight is 417 g/mol. The molecular formula is C18H15N3O7S. The molecule has 150 valence electrons. The van der Waals surface area contributed by atoms with Gasteiger partial charge in [-0.25, -0.2) is 8.42 Å². The lowest BCUT2D eigenvalue weighted by Gasteiger charge is -2.08. The Morgan fingerprint density at radius 3 is 2.41 bits per heavy atom. The lowest BCUT2D eigenvalue weighted by atomic mass is 9.98. The van der Waals surface area contributed by atoms with Crippen LogP contribution < -0.4 is 10.6 Å². The first-order valence-corrected chi connectivity index (χ1v) is 10.4. The number of sulfone groups is 1. The molecule has 0 saturated carbocycles. The summed E-state index contributed by atoms with van der Waals surface area (Å²) in [6.45, 7) is -0.142. The van der Waals surface area contributed by atoms with E-state index in [0.717, 1.165) is 12.3 Å². The summed E-state index contributed by atoms with van der Waals surface area (Å²) >= 11 is 0. The van der Waals surface area contributed by atoms with E-state index < -0.39 is 32.5 Å². The fraction of sp³-hybridized carbons (Fsp3) is 0.167. The molecule has 0 unspecified atom stereocenters. The Kier molecular flexibility index (Phi) is 5.16. The minimum Gasteiger partial charge on any atom is -0.351 e. The SMILES string of the molecule is CS(=O)(=O)CCNC(=O)c1cc(-c2ccc3c(c2)C(=O)NC3=O)cc([N+](=O)[O-])c1. The van der Waals surface area contributed by atoms with E-state index in [0.29, 0.717) is 11.1 Å². The smallest absolute Gasteiger partial charge is 0.270 e. The second kappa shape index (κ2) is 7.43. The summed E-state index contributed by atoms with van der Waals surface area (Å²) in [5.74, 6) is -2.04. The molecule has 0 aliphatic carbocycles. The number of carbonyl (C=O) groups excluding carboxylic acids is 3. The van der Waals surface area contributed by atoms with Gasteiger partial charge < -0.3 is 5.32 Å². The van der Waals surface area contributed by atoms with Crippen molar-refractivity contribution >= 4 is 33.2 Å². The topological polar surface area (TPSA) is 153 Å². The third kappa shape index (κ3) is 4.46. The van der Waals surface area contributed by atoms with Crippen molar-refractivity contribution in [1.29, 1.82) is 0 Å². The molecule has 2 N–H and O–H groups in total. The van der Waals surface area contributed by atoms with Gasteiger partial charge in [0, 0.05) is 30.5 Å². The van der Waals surface area contributed by atoms with Crippen LogP contribution >= 0.6 is 0 Å². The number of imide groups is 1. The Balaban J connectivity index is 1.97. The molecule has 0 saturated heterocycles. The standard InChI is InChI=1S/C18H15N3O7S/c1-29(27,28)5-4-19-16(22)12-6-11(7-13(8-12)21(25)26)10-2-3-14-15(9-10)18(24)20-17(14)23/h2-3,6-9H,4-5H2,1H3,(H,19,22)(H,20,23,24). The Labute approximate surface area is 165 Å². The van der Waals surface area contributed by atoms with Crippen LogP contribution in [-0.4, -0.2) is 49.6 Å². The van der Waals surface area contributed by atoms with Crippen LogP contribution in [-0.2, 0) is 9.84 Å². The molecule has 3 rings (SSSR count). The Bertz CT molecular complexity index is 1170.